The standard InChI is InChI=1S/C30H25NO8/c1-20(19-32)29(35)38-18-2-17-37-25-11-7-22(8-12-25)21-3-5-23(6-4-21)30(36)39-26-13-9-24(10-14-26)31-27(33)15-16-28(31)34/h3-16,32H,1-2,17-19H2. The molecule has 4 rings (SSSR count). The number of aliphatic hydroxyl groups is 1. The van der Waals surface area contributed by atoms with Crippen LogP contribution in [-0.4, -0.2) is 48.7 Å². The van der Waals surface area contributed by atoms with Crippen LogP contribution >= 0.6 is 0 Å². The molecular weight excluding hydrogens is 502 g/mol. The van der Waals surface area contributed by atoms with Crippen molar-refractivity contribution >= 4 is 29.4 Å². The molecule has 2 amide bonds. The molecular formula is C30H25NO8. The summed E-state index contributed by atoms with van der Waals surface area (Å²) in [4.78, 5) is 48.6. The first-order chi connectivity index (χ1) is 18.9. The number of carbonyl (C=O) groups excluding carboxylic acids is 4. The number of anilines is 1. The number of aliphatic hydroxyl groups excluding tert-OH is 1. The van der Waals surface area contributed by atoms with E-state index in [-0.39, 0.29) is 17.9 Å². The molecule has 0 saturated heterocycles. The average Bonchev–Trinajstić information content (AvgIpc) is 3.30. The van der Waals surface area contributed by atoms with Crippen LogP contribution in [-0.2, 0) is 19.1 Å². The highest BCUT2D eigenvalue weighted by molar-refractivity contribution is 6.28. The molecule has 0 spiro atoms. The van der Waals surface area contributed by atoms with Crippen LogP contribution in [0.2, 0.25) is 0 Å². The Bertz CT molecular complexity index is 1390. The minimum Gasteiger partial charge on any atom is -0.493 e. The summed E-state index contributed by atoms with van der Waals surface area (Å²) in [5, 5.41) is 8.84. The van der Waals surface area contributed by atoms with Crippen molar-refractivity contribution in [3.8, 4) is 22.6 Å². The second kappa shape index (κ2) is 12.5. The molecule has 1 heterocycles. The van der Waals surface area contributed by atoms with Gasteiger partial charge in [-0.25, -0.2) is 14.5 Å². The SMILES string of the molecule is C=C(CO)C(=O)OCCCOc1ccc(-c2ccc(C(=O)Oc3ccc(N4C(=O)C=CC4=O)cc3)cc2)cc1. The third-order valence-electron chi connectivity index (χ3n) is 5.69. The normalized spacial score (nSPS) is 12.4. The first-order valence-electron chi connectivity index (χ1n) is 12.0. The second-order valence-electron chi connectivity index (χ2n) is 8.43. The van der Waals surface area contributed by atoms with Gasteiger partial charge in [0.2, 0.25) is 0 Å². The van der Waals surface area contributed by atoms with E-state index in [1.165, 1.54) is 36.4 Å². The van der Waals surface area contributed by atoms with E-state index in [4.69, 9.17) is 19.3 Å². The highest BCUT2D eigenvalue weighted by Gasteiger charge is 2.25. The maximum absolute atomic E-state index is 12.6. The Morgan fingerprint density at radius 1 is 0.769 bits per heavy atom. The van der Waals surface area contributed by atoms with Crippen molar-refractivity contribution in [1.29, 1.82) is 0 Å². The molecule has 0 radical (unpaired) electrons. The number of imide groups is 1. The van der Waals surface area contributed by atoms with Crippen molar-refractivity contribution in [1.82, 2.24) is 0 Å². The van der Waals surface area contributed by atoms with Crippen LogP contribution in [0, 0.1) is 0 Å². The first kappa shape index (κ1) is 27.0. The van der Waals surface area contributed by atoms with Crippen LogP contribution in [0.15, 0.2) is 97.1 Å². The second-order valence-corrected chi connectivity index (χ2v) is 8.43. The van der Waals surface area contributed by atoms with Gasteiger partial charge in [0.15, 0.2) is 0 Å². The Labute approximate surface area is 224 Å². The molecule has 1 aliphatic rings. The Balaban J connectivity index is 1.26. The molecule has 0 aromatic heterocycles. The number of rotatable bonds is 11. The smallest absolute Gasteiger partial charge is 0.343 e. The topological polar surface area (TPSA) is 119 Å². The highest BCUT2D eigenvalue weighted by Crippen LogP contribution is 2.25. The lowest BCUT2D eigenvalue weighted by Crippen LogP contribution is -2.29. The molecule has 1 N–H and O–H groups in total. The molecule has 0 aliphatic carbocycles. The summed E-state index contributed by atoms with van der Waals surface area (Å²) in [6.07, 6.45) is 2.89. The summed E-state index contributed by atoms with van der Waals surface area (Å²) in [6, 6.07) is 20.5. The fourth-order valence-electron chi connectivity index (χ4n) is 3.61. The first-order valence-corrected chi connectivity index (χ1v) is 12.0. The molecule has 9 heteroatoms. The molecule has 39 heavy (non-hydrogen) atoms. The van der Waals surface area contributed by atoms with Gasteiger partial charge in [-0.2, -0.15) is 0 Å². The van der Waals surface area contributed by atoms with Crippen molar-refractivity contribution in [2.75, 3.05) is 24.7 Å². The summed E-state index contributed by atoms with van der Waals surface area (Å²) in [5.41, 5.74) is 2.58. The summed E-state index contributed by atoms with van der Waals surface area (Å²) in [6.45, 7) is 3.48. The van der Waals surface area contributed by atoms with Crippen molar-refractivity contribution in [2.45, 2.75) is 6.42 Å². The highest BCUT2D eigenvalue weighted by atomic mass is 16.5. The molecule has 3 aromatic rings. The fourth-order valence-corrected chi connectivity index (χ4v) is 3.61. The molecule has 3 aromatic carbocycles. The average molecular weight is 528 g/mol. The minimum absolute atomic E-state index is 0.0106. The van der Waals surface area contributed by atoms with Crippen molar-refractivity contribution < 1.29 is 38.5 Å². The zero-order valence-corrected chi connectivity index (χ0v) is 20.9. The van der Waals surface area contributed by atoms with Crippen LogP contribution in [0.5, 0.6) is 11.5 Å². The number of hydrogen-bond donors (Lipinski definition) is 1. The van der Waals surface area contributed by atoms with Gasteiger partial charge in [-0.05, 0) is 59.7 Å². The van der Waals surface area contributed by atoms with Gasteiger partial charge in [0, 0.05) is 18.6 Å². The summed E-state index contributed by atoms with van der Waals surface area (Å²) in [7, 11) is 0. The third-order valence-corrected chi connectivity index (χ3v) is 5.69. The van der Waals surface area contributed by atoms with E-state index in [2.05, 4.69) is 6.58 Å². The summed E-state index contributed by atoms with van der Waals surface area (Å²) in [5.74, 6) is -1.07. The lowest BCUT2D eigenvalue weighted by molar-refractivity contribution is -0.139. The lowest BCUT2D eigenvalue weighted by atomic mass is 10.0. The molecule has 0 unspecified atom stereocenters. The number of carbonyl (C=O) groups is 4. The van der Waals surface area contributed by atoms with Gasteiger partial charge >= 0.3 is 11.9 Å². The Hall–Kier alpha value is -5.02. The molecule has 198 valence electrons. The van der Waals surface area contributed by atoms with Crippen LogP contribution in [0.3, 0.4) is 0 Å². The van der Waals surface area contributed by atoms with Gasteiger partial charge in [-0.15, -0.1) is 0 Å². The maximum Gasteiger partial charge on any atom is 0.343 e. The van der Waals surface area contributed by atoms with E-state index in [1.807, 2.05) is 36.4 Å². The Kier molecular flexibility index (Phi) is 8.65. The third kappa shape index (κ3) is 6.85. The number of esters is 2. The van der Waals surface area contributed by atoms with E-state index in [0.717, 1.165) is 16.0 Å². The van der Waals surface area contributed by atoms with Gasteiger partial charge in [0.1, 0.15) is 11.5 Å². The summed E-state index contributed by atoms with van der Waals surface area (Å²) >= 11 is 0. The zero-order valence-electron chi connectivity index (χ0n) is 20.9. The van der Waals surface area contributed by atoms with Gasteiger partial charge in [0.05, 0.1) is 36.6 Å². The quantitative estimate of drug-likeness (QED) is 0.131. The van der Waals surface area contributed by atoms with Crippen LogP contribution < -0.4 is 14.4 Å². The predicted molar refractivity (Wildman–Crippen MR) is 142 cm³/mol. The molecule has 0 fully saturated rings. The maximum atomic E-state index is 12.6. The zero-order chi connectivity index (χ0) is 27.8. The van der Waals surface area contributed by atoms with Gasteiger partial charge < -0.3 is 19.3 Å². The van der Waals surface area contributed by atoms with E-state index in [9.17, 15) is 19.2 Å². The molecule has 0 saturated carbocycles. The van der Waals surface area contributed by atoms with Gasteiger partial charge in [-0.3, -0.25) is 9.59 Å². The van der Waals surface area contributed by atoms with E-state index in [0.29, 0.717) is 30.0 Å². The number of nitrogens with zero attached hydrogens (tertiary/aromatic N) is 1. The molecule has 1 aliphatic heterocycles. The minimum atomic E-state index is -0.622. The lowest BCUT2D eigenvalue weighted by Gasteiger charge is -2.14. The number of ether oxygens (including phenoxy) is 3. The van der Waals surface area contributed by atoms with Crippen molar-refractivity contribution in [2.24, 2.45) is 0 Å². The van der Waals surface area contributed by atoms with Gasteiger partial charge in [-0.1, -0.05) is 30.8 Å². The molecule has 9 nitrogen and oxygen atoms in total. The predicted octanol–water partition coefficient (Wildman–Crippen LogP) is 3.86. The Morgan fingerprint density at radius 2 is 1.33 bits per heavy atom. The summed E-state index contributed by atoms with van der Waals surface area (Å²) < 4.78 is 16.0. The van der Waals surface area contributed by atoms with Crippen molar-refractivity contribution in [3.63, 3.8) is 0 Å². The largest absolute Gasteiger partial charge is 0.493 e. The molecule has 0 bridgehead atoms. The van der Waals surface area contributed by atoms with E-state index >= 15 is 0 Å². The van der Waals surface area contributed by atoms with Gasteiger partial charge in [0.25, 0.3) is 11.8 Å². The van der Waals surface area contributed by atoms with Crippen molar-refractivity contribution in [3.05, 3.63) is 103 Å². The number of benzene rings is 3. The Morgan fingerprint density at radius 3 is 1.92 bits per heavy atom. The number of hydrogen-bond acceptors (Lipinski definition) is 8. The van der Waals surface area contributed by atoms with E-state index < -0.39 is 30.4 Å². The number of amides is 2. The molecule has 0 atom stereocenters. The van der Waals surface area contributed by atoms with Crippen LogP contribution in [0.1, 0.15) is 16.8 Å². The van der Waals surface area contributed by atoms with Crippen LogP contribution in [0.4, 0.5) is 5.69 Å². The van der Waals surface area contributed by atoms with Crippen LogP contribution in [0.25, 0.3) is 11.1 Å². The van der Waals surface area contributed by atoms with E-state index in [1.54, 1.807) is 12.1 Å². The fraction of sp³-hybridized carbons (Fsp3) is 0.133. The monoisotopic (exact) mass is 527 g/mol.